The van der Waals surface area contributed by atoms with Gasteiger partial charge in [0.05, 0.1) is 12.3 Å². The molecule has 5 nitrogen and oxygen atoms in total. The molecule has 1 atom stereocenters. The van der Waals surface area contributed by atoms with Crippen molar-refractivity contribution in [3.05, 3.63) is 59.7 Å². The van der Waals surface area contributed by atoms with Gasteiger partial charge in [-0.2, -0.15) is 0 Å². The van der Waals surface area contributed by atoms with Crippen LogP contribution in [-0.4, -0.2) is 39.0 Å². The molecule has 0 aliphatic rings. The zero-order valence-electron chi connectivity index (χ0n) is 17.6. The molecule has 0 fully saturated rings. The van der Waals surface area contributed by atoms with E-state index in [-0.39, 0.29) is 35.8 Å². The van der Waals surface area contributed by atoms with Crippen LogP contribution in [0.5, 0.6) is 0 Å². The summed E-state index contributed by atoms with van der Waals surface area (Å²) in [7, 11) is -2.96. The molecule has 2 N–H and O–H groups in total. The summed E-state index contributed by atoms with van der Waals surface area (Å²) in [5.41, 5.74) is 4.74. The number of guanidine groups is 1. The van der Waals surface area contributed by atoms with E-state index >= 15 is 0 Å². The minimum atomic E-state index is -2.96. The van der Waals surface area contributed by atoms with E-state index in [1.807, 2.05) is 13.8 Å². The third-order valence-electron chi connectivity index (χ3n) is 4.35. The molecule has 0 aromatic heterocycles. The molecule has 0 saturated heterocycles. The lowest BCUT2D eigenvalue weighted by Gasteiger charge is -2.17. The van der Waals surface area contributed by atoms with Crippen LogP contribution in [0.15, 0.2) is 53.5 Å². The summed E-state index contributed by atoms with van der Waals surface area (Å²) in [6.07, 6.45) is 1.81. The lowest BCUT2D eigenvalue weighted by atomic mass is 10.0. The Morgan fingerprint density at radius 3 is 2.38 bits per heavy atom. The van der Waals surface area contributed by atoms with Crippen molar-refractivity contribution in [2.75, 3.05) is 18.6 Å². The third kappa shape index (κ3) is 9.62. The summed E-state index contributed by atoms with van der Waals surface area (Å²) in [5, 5.41) is 6.51. The minimum Gasteiger partial charge on any atom is -0.357 e. The van der Waals surface area contributed by atoms with Crippen molar-refractivity contribution in [2.45, 2.75) is 39.8 Å². The Kier molecular flexibility index (Phi) is 10.7. The molecule has 0 bridgehead atoms. The van der Waals surface area contributed by atoms with Gasteiger partial charge >= 0.3 is 0 Å². The SMILES string of the molecule is CCNC(=NCc1cccc(-c2cccc(C)c2)c1)NC(C)CCS(C)(=O)=O.I. The topological polar surface area (TPSA) is 70.6 Å². The molecule has 0 heterocycles. The number of aliphatic imine (C=N–C) groups is 1. The van der Waals surface area contributed by atoms with Gasteiger partial charge in [0.15, 0.2) is 5.96 Å². The van der Waals surface area contributed by atoms with Crippen molar-refractivity contribution in [1.82, 2.24) is 10.6 Å². The van der Waals surface area contributed by atoms with Gasteiger partial charge in [-0.1, -0.05) is 48.0 Å². The number of hydrogen-bond acceptors (Lipinski definition) is 3. The zero-order chi connectivity index (χ0) is 20.6. The third-order valence-corrected chi connectivity index (χ3v) is 5.32. The monoisotopic (exact) mass is 529 g/mol. The maximum atomic E-state index is 11.4. The van der Waals surface area contributed by atoms with E-state index in [9.17, 15) is 8.42 Å². The van der Waals surface area contributed by atoms with E-state index in [1.165, 1.54) is 22.9 Å². The molecule has 2 aromatic rings. The molecule has 29 heavy (non-hydrogen) atoms. The first-order valence-electron chi connectivity index (χ1n) is 9.65. The van der Waals surface area contributed by atoms with E-state index < -0.39 is 9.84 Å². The number of sulfone groups is 1. The number of hydrogen-bond donors (Lipinski definition) is 2. The van der Waals surface area contributed by atoms with Crippen LogP contribution in [0, 0.1) is 6.92 Å². The van der Waals surface area contributed by atoms with Crippen LogP contribution in [0.25, 0.3) is 11.1 Å². The number of benzene rings is 2. The average Bonchev–Trinajstić information content (AvgIpc) is 2.64. The van der Waals surface area contributed by atoms with E-state index in [0.29, 0.717) is 18.9 Å². The van der Waals surface area contributed by atoms with Crippen LogP contribution >= 0.6 is 24.0 Å². The maximum Gasteiger partial charge on any atom is 0.191 e. The Hall–Kier alpha value is -1.61. The van der Waals surface area contributed by atoms with Gasteiger partial charge in [0.25, 0.3) is 0 Å². The van der Waals surface area contributed by atoms with E-state index in [2.05, 4.69) is 71.1 Å². The molecular formula is C22H32IN3O2S. The van der Waals surface area contributed by atoms with Crippen molar-refractivity contribution < 1.29 is 8.42 Å². The smallest absolute Gasteiger partial charge is 0.191 e. The van der Waals surface area contributed by atoms with Gasteiger partial charge < -0.3 is 10.6 Å². The maximum absolute atomic E-state index is 11.4. The van der Waals surface area contributed by atoms with Gasteiger partial charge in [0, 0.05) is 18.8 Å². The molecule has 0 spiro atoms. The van der Waals surface area contributed by atoms with Crippen LogP contribution in [0.1, 0.15) is 31.4 Å². The van der Waals surface area contributed by atoms with Gasteiger partial charge in [-0.15, -0.1) is 24.0 Å². The van der Waals surface area contributed by atoms with Gasteiger partial charge in [-0.05, 0) is 49.9 Å². The quantitative estimate of drug-likeness (QED) is 0.306. The Bertz CT molecular complexity index is 914. The Balaban J connectivity index is 0.00000420. The first-order valence-corrected chi connectivity index (χ1v) is 11.7. The average molecular weight is 529 g/mol. The van der Waals surface area contributed by atoms with E-state index in [4.69, 9.17) is 0 Å². The van der Waals surface area contributed by atoms with Gasteiger partial charge in [0.1, 0.15) is 9.84 Å². The van der Waals surface area contributed by atoms with Gasteiger partial charge in [-0.25, -0.2) is 13.4 Å². The second-order valence-corrected chi connectivity index (χ2v) is 9.49. The lowest BCUT2D eigenvalue weighted by molar-refractivity contribution is 0.581. The Morgan fingerprint density at radius 1 is 1.10 bits per heavy atom. The molecule has 2 aromatic carbocycles. The van der Waals surface area contributed by atoms with Crippen LogP contribution in [0.2, 0.25) is 0 Å². The molecule has 0 radical (unpaired) electrons. The summed E-state index contributed by atoms with van der Waals surface area (Å²) in [4.78, 5) is 4.67. The predicted octanol–water partition coefficient (Wildman–Crippen LogP) is 4.16. The molecule has 160 valence electrons. The van der Waals surface area contributed by atoms with Crippen LogP contribution < -0.4 is 10.6 Å². The normalized spacial score (nSPS) is 12.8. The standard InChI is InChI=1S/C22H31N3O2S.HI/c1-5-23-22(25-18(3)12-13-28(4,26)27)24-16-19-9-7-11-21(15-19)20-10-6-8-17(2)14-20;/h6-11,14-15,18H,5,12-13,16H2,1-4H3,(H2,23,24,25);1H. The first kappa shape index (κ1) is 25.4. The number of aryl methyl sites for hydroxylation is 1. The number of nitrogens with zero attached hydrogens (tertiary/aromatic N) is 1. The molecule has 0 aliphatic carbocycles. The fraction of sp³-hybridized carbons (Fsp3) is 0.409. The second kappa shape index (κ2) is 12.2. The fourth-order valence-corrected chi connectivity index (χ4v) is 3.64. The summed E-state index contributed by atoms with van der Waals surface area (Å²) in [5.74, 6) is 0.864. The van der Waals surface area contributed by atoms with Crippen molar-refractivity contribution >= 4 is 39.8 Å². The van der Waals surface area contributed by atoms with Gasteiger partial charge in [0.2, 0.25) is 0 Å². The molecule has 0 saturated carbocycles. The molecule has 0 amide bonds. The summed E-state index contributed by atoms with van der Waals surface area (Å²) in [6.45, 7) is 7.37. The molecule has 7 heteroatoms. The van der Waals surface area contributed by atoms with Crippen LogP contribution in [0.3, 0.4) is 0 Å². The summed E-state index contributed by atoms with van der Waals surface area (Å²) < 4.78 is 22.7. The predicted molar refractivity (Wildman–Crippen MR) is 134 cm³/mol. The van der Waals surface area contributed by atoms with Crippen molar-refractivity contribution in [3.8, 4) is 11.1 Å². The lowest BCUT2D eigenvalue weighted by Crippen LogP contribution is -2.42. The highest BCUT2D eigenvalue weighted by atomic mass is 127. The Morgan fingerprint density at radius 2 is 1.76 bits per heavy atom. The van der Waals surface area contributed by atoms with Gasteiger partial charge in [-0.3, -0.25) is 0 Å². The van der Waals surface area contributed by atoms with E-state index in [1.54, 1.807) is 0 Å². The largest absolute Gasteiger partial charge is 0.357 e. The van der Waals surface area contributed by atoms with Crippen molar-refractivity contribution in [3.63, 3.8) is 0 Å². The van der Waals surface area contributed by atoms with Crippen LogP contribution in [-0.2, 0) is 16.4 Å². The molecular weight excluding hydrogens is 497 g/mol. The molecule has 1 unspecified atom stereocenters. The van der Waals surface area contributed by atoms with Crippen LogP contribution in [0.4, 0.5) is 0 Å². The molecule has 0 aliphatic heterocycles. The van der Waals surface area contributed by atoms with Crippen molar-refractivity contribution in [2.24, 2.45) is 4.99 Å². The fourth-order valence-electron chi connectivity index (χ4n) is 2.86. The summed E-state index contributed by atoms with van der Waals surface area (Å²) in [6, 6.07) is 16.9. The highest BCUT2D eigenvalue weighted by Gasteiger charge is 2.09. The summed E-state index contributed by atoms with van der Waals surface area (Å²) >= 11 is 0. The first-order chi connectivity index (χ1) is 13.3. The number of halogens is 1. The van der Waals surface area contributed by atoms with E-state index in [0.717, 1.165) is 12.1 Å². The minimum absolute atomic E-state index is 0. The highest BCUT2D eigenvalue weighted by molar-refractivity contribution is 14.0. The highest BCUT2D eigenvalue weighted by Crippen LogP contribution is 2.21. The number of rotatable bonds is 8. The second-order valence-electron chi connectivity index (χ2n) is 7.23. The van der Waals surface area contributed by atoms with Crippen molar-refractivity contribution in [1.29, 1.82) is 0 Å². The number of nitrogens with one attached hydrogen (secondary N) is 2. The zero-order valence-corrected chi connectivity index (χ0v) is 20.8. The molecule has 2 rings (SSSR count). The Labute approximate surface area is 192 Å².